The van der Waals surface area contributed by atoms with Crippen molar-refractivity contribution in [3.8, 4) is 0 Å². The SMILES string of the molecule is CN(C)CC(O)CNCC(C)(C)C(N)=O. The lowest BCUT2D eigenvalue weighted by molar-refractivity contribution is -0.125. The van der Waals surface area contributed by atoms with Gasteiger partial charge < -0.3 is 21.1 Å². The molecule has 5 heteroatoms. The van der Waals surface area contributed by atoms with Gasteiger partial charge in [-0.15, -0.1) is 0 Å². The Morgan fingerprint density at radius 1 is 1.53 bits per heavy atom. The molecule has 0 spiro atoms. The third-order valence-corrected chi connectivity index (χ3v) is 2.19. The summed E-state index contributed by atoms with van der Waals surface area (Å²) in [5.74, 6) is -0.336. The number of rotatable bonds is 7. The lowest BCUT2D eigenvalue weighted by Crippen LogP contribution is -2.43. The molecule has 5 nitrogen and oxygen atoms in total. The number of amides is 1. The van der Waals surface area contributed by atoms with E-state index in [1.165, 1.54) is 0 Å². The first-order valence-electron chi connectivity index (χ1n) is 5.09. The van der Waals surface area contributed by atoms with Crippen LogP contribution in [0.25, 0.3) is 0 Å². The molecule has 15 heavy (non-hydrogen) atoms. The van der Waals surface area contributed by atoms with Crippen LogP contribution in [0.2, 0.25) is 0 Å². The van der Waals surface area contributed by atoms with Gasteiger partial charge in [0.05, 0.1) is 11.5 Å². The standard InChI is InChI=1S/C10H23N3O2/c1-10(2,9(11)15)7-12-5-8(14)6-13(3)4/h8,12,14H,5-7H2,1-4H3,(H2,11,15). The largest absolute Gasteiger partial charge is 0.390 e. The molecular formula is C10H23N3O2. The van der Waals surface area contributed by atoms with E-state index in [9.17, 15) is 9.90 Å². The maximum absolute atomic E-state index is 11.0. The summed E-state index contributed by atoms with van der Waals surface area (Å²) in [6, 6.07) is 0. The van der Waals surface area contributed by atoms with Gasteiger partial charge in [0.1, 0.15) is 0 Å². The topological polar surface area (TPSA) is 78.6 Å². The van der Waals surface area contributed by atoms with Gasteiger partial charge in [0.15, 0.2) is 0 Å². The number of aliphatic hydroxyl groups is 1. The molecule has 0 rings (SSSR count). The van der Waals surface area contributed by atoms with Gasteiger partial charge in [-0.3, -0.25) is 4.79 Å². The Bertz CT molecular complexity index is 205. The fourth-order valence-electron chi connectivity index (χ4n) is 1.12. The molecule has 0 saturated carbocycles. The van der Waals surface area contributed by atoms with Crippen molar-refractivity contribution in [1.82, 2.24) is 10.2 Å². The zero-order valence-electron chi connectivity index (χ0n) is 10.1. The summed E-state index contributed by atoms with van der Waals surface area (Å²) in [5.41, 5.74) is 4.65. The Hall–Kier alpha value is -0.650. The summed E-state index contributed by atoms with van der Waals surface area (Å²) in [6.07, 6.45) is -0.427. The van der Waals surface area contributed by atoms with Crippen molar-refractivity contribution in [2.24, 2.45) is 11.1 Å². The lowest BCUT2D eigenvalue weighted by Gasteiger charge is -2.22. The second kappa shape index (κ2) is 6.05. The number of hydrogen-bond acceptors (Lipinski definition) is 4. The predicted octanol–water partition coefficient (Wildman–Crippen LogP) is -0.990. The minimum atomic E-state index is -0.572. The minimum Gasteiger partial charge on any atom is -0.390 e. The number of nitrogens with two attached hydrogens (primary N) is 1. The highest BCUT2D eigenvalue weighted by molar-refractivity contribution is 5.80. The number of carbonyl (C=O) groups is 1. The molecule has 0 bridgehead atoms. The normalized spacial score (nSPS) is 14.3. The second-order valence-electron chi connectivity index (χ2n) is 4.80. The number of primary amides is 1. The lowest BCUT2D eigenvalue weighted by atomic mass is 9.93. The summed E-state index contributed by atoms with van der Waals surface area (Å²) < 4.78 is 0. The van der Waals surface area contributed by atoms with E-state index in [1.807, 2.05) is 19.0 Å². The van der Waals surface area contributed by atoms with Gasteiger partial charge in [-0.2, -0.15) is 0 Å². The molecule has 0 heterocycles. The van der Waals surface area contributed by atoms with Crippen molar-refractivity contribution in [3.05, 3.63) is 0 Å². The van der Waals surface area contributed by atoms with Gasteiger partial charge in [-0.1, -0.05) is 0 Å². The van der Waals surface area contributed by atoms with Crippen LogP contribution in [0.1, 0.15) is 13.8 Å². The van der Waals surface area contributed by atoms with Crippen molar-refractivity contribution < 1.29 is 9.90 Å². The summed E-state index contributed by atoms with van der Waals surface area (Å²) in [5, 5.41) is 12.6. The van der Waals surface area contributed by atoms with Gasteiger partial charge in [-0.05, 0) is 27.9 Å². The predicted molar refractivity (Wildman–Crippen MR) is 60.4 cm³/mol. The van der Waals surface area contributed by atoms with Gasteiger partial charge >= 0.3 is 0 Å². The van der Waals surface area contributed by atoms with Crippen LogP contribution in [0.15, 0.2) is 0 Å². The molecule has 0 aliphatic carbocycles. The number of nitrogens with one attached hydrogen (secondary N) is 1. The highest BCUT2D eigenvalue weighted by Crippen LogP contribution is 2.11. The van der Waals surface area contributed by atoms with Gasteiger partial charge in [0.25, 0.3) is 0 Å². The van der Waals surface area contributed by atoms with Gasteiger partial charge in [0.2, 0.25) is 5.91 Å². The van der Waals surface area contributed by atoms with Crippen molar-refractivity contribution in [1.29, 1.82) is 0 Å². The van der Waals surface area contributed by atoms with E-state index in [1.54, 1.807) is 13.8 Å². The van der Waals surface area contributed by atoms with Crippen LogP contribution in [-0.2, 0) is 4.79 Å². The molecule has 0 saturated heterocycles. The number of aliphatic hydroxyl groups excluding tert-OH is 1. The minimum absolute atomic E-state index is 0.336. The molecule has 4 N–H and O–H groups in total. The Balaban J connectivity index is 3.74. The number of carbonyl (C=O) groups excluding carboxylic acids is 1. The average molecular weight is 217 g/mol. The molecular weight excluding hydrogens is 194 g/mol. The molecule has 0 radical (unpaired) electrons. The zero-order chi connectivity index (χ0) is 12.1. The monoisotopic (exact) mass is 217 g/mol. The molecule has 0 aliphatic rings. The maximum Gasteiger partial charge on any atom is 0.224 e. The molecule has 0 aromatic rings. The summed E-state index contributed by atoms with van der Waals surface area (Å²) in [7, 11) is 3.80. The van der Waals surface area contributed by atoms with E-state index in [2.05, 4.69) is 5.32 Å². The molecule has 0 aliphatic heterocycles. The van der Waals surface area contributed by atoms with Crippen molar-refractivity contribution >= 4 is 5.91 Å². The molecule has 1 amide bonds. The Morgan fingerprint density at radius 2 is 2.07 bits per heavy atom. The van der Waals surface area contributed by atoms with E-state index in [0.29, 0.717) is 19.6 Å². The smallest absolute Gasteiger partial charge is 0.224 e. The van der Waals surface area contributed by atoms with Crippen LogP contribution in [-0.4, -0.2) is 55.7 Å². The van der Waals surface area contributed by atoms with Crippen LogP contribution in [0.5, 0.6) is 0 Å². The first-order chi connectivity index (χ1) is 6.75. The fraction of sp³-hybridized carbons (Fsp3) is 0.900. The first-order valence-corrected chi connectivity index (χ1v) is 5.09. The fourth-order valence-corrected chi connectivity index (χ4v) is 1.12. The second-order valence-corrected chi connectivity index (χ2v) is 4.80. The molecule has 90 valence electrons. The number of likely N-dealkylation sites (N-methyl/N-ethyl adjacent to an activating group) is 1. The number of hydrogen-bond donors (Lipinski definition) is 3. The molecule has 0 aromatic heterocycles. The van der Waals surface area contributed by atoms with E-state index < -0.39 is 11.5 Å². The molecule has 1 unspecified atom stereocenters. The van der Waals surface area contributed by atoms with Gasteiger partial charge in [0, 0.05) is 19.6 Å². The van der Waals surface area contributed by atoms with E-state index in [-0.39, 0.29) is 5.91 Å². The summed E-state index contributed by atoms with van der Waals surface area (Å²) in [6.45, 7) is 5.10. The van der Waals surface area contributed by atoms with Crippen molar-refractivity contribution in [2.45, 2.75) is 20.0 Å². The Labute approximate surface area is 91.6 Å². The van der Waals surface area contributed by atoms with Crippen LogP contribution in [0.3, 0.4) is 0 Å². The Morgan fingerprint density at radius 3 is 2.47 bits per heavy atom. The van der Waals surface area contributed by atoms with E-state index in [0.717, 1.165) is 0 Å². The van der Waals surface area contributed by atoms with Gasteiger partial charge in [-0.25, -0.2) is 0 Å². The van der Waals surface area contributed by atoms with Crippen LogP contribution in [0, 0.1) is 5.41 Å². The average Bonchev–Trinajstić information content (AvgIpc) is 2.01. The molecule has 0 fully saturated rings. The van der Waals surface area contributed by atoms with E-state index >= 15 is 0 Å². The first kappa shape index (κ1) is 14.3. The van der Waals surface area contributed by atoms with Crippen LogP contribution >= 0.6 is 0 Å². The quantitative estimate of drug-likeness (QED) is 0.511. The highest BCUT2D eigenvalue weighted by atomic mass is 16.3. The van der Waals surface area contributed by atoms with Crippen LogP contribution < -0.4 is 11.1 Å². The van der Waals surface area contributed by atoms with E-state index in [4.69, 9.17) is 5.73 Å². The zero-order valence-corrected chi connectivity index (χ0v) is 10.1. The summed E-state index contributed by atoms with van der Waals surface area (Å²) in [4.78, 5) is 12.9. The maximum atomic E-state index is 11.0. The third-order valence-electron chi connectivity index (χ3n) is 2.19. The highest BCUT2D eigenvalue weighted by Gasteiger charge is 2.24. The third kappa shape index (κ3) is 6.43. The van der Waals surface area contributed by atoms with Crippen molar-refractivity contribution in [2.75, 3.05) is 33.7 Å². The molecule has 0 aromatic carbocycles. The summed E-state index contributed by atoms with van der Waals surface area (Å²) >= 11 is 0. The number of nitrogens with zero attached hydrogens (tertiary/aromatic N) is 1. The van der Waals surface area contributed by atoms with Crippen LogP contribution in [0.4, 0.5) is 0 Å². The molecule has 1 atom stereocenters. The van der Waals surface area contributed by atoms with Crippen molar-refractivity contribution in [3.63, 3.8) is 0 Å². The Kier molecular flexibility index (Phi) is 5.79.